The highest BCUT2D eigenvalue weighted by Gasteiger charge is 2.37. The molecule has 0 heterocycles. The van der Waals surface area contributed by atoms with E-state index in [0.29, 0.717) is 11.0 Å². The molecule has 0 fully saturated rings. The topological polar surface area (TPSA) is 9.23 Å². The van der Waals surface area contributed by atoms with E-state index in [4.69, 9.17) is 4.43 Å². The maximum Gasteiger partial charge on any atom is 0.191 e. The highest BCUT2D eigenvalue weighted by Crippen LogP contribution is 2.37. The molecule has 0 bridgehead atoms. The molecule has 0 spiro atoms. The van der Waals surface area contributed by atoms with Gasteiger partial charge < -0.3 is 4.43 Å². The van der Waals surface area contributed by atoms with Crippen molar-refractivity contribution in [3.63, 3.8) is 0 Å². The van der Waals surface area contributed by atoms with Crippen LogP contribution in [-0.4, -0.2) is 14.9 Å². The first-order valence-corrected chi connectivity index (χ1v) is 8.43. The van der Waals surface area contributed by atoms with Gasteiger partial charge in [0, 0.05) is 6.61 Å². The van der Waals surface area contributed by atoms with Crippen molar-refractivity contribution in [1.29, 1.82) is 0 Å². The molecular formula is C12H23OSi. The predicted molar refractivity (Wildman–Crippen MR) is 63.7 cm³/mol. The number of allylic oxidation sites excluding steroid dienone is 2. The minimum atomic E-state index is -1.51. The molecule has 1 aliphatic carbocycles. The first-order valence-electron chi connectivity index (χ1n) is 5.52. The molecule has 0 amide bonds. The summed E-state index contributed by atoms with van der Waals surface area (Å²) >= 11 is 0. The van der Waals surface area contributed by atoms with Crippen molar-refractivity contribution < 1.29 is 4.43 Å². The maximum atomic E-state index is 6.16. The molecule has 0 aromatic carbocycles. The van der Waals surface area contributed by atoms with Gasteiger partial charge in [0.15, 0.2) is 8.32 Å². The lowest BCUT2D eigenvalue weighted by Gasteiger charge is -2.37. The third-order valence-electron chi connectivity index (χ3n) is 3.49. The molecule has 0 aromatic heterocycles. The largest absolute Gasteiger partial charge is 0.417 e. The van der Waals surface area contributed by atoms with Crippen molar-refractivity contribution in [3.8, 4) is 0 Å². The molecule has 1 nitrogen and oxygen atoms in total. The molecule has 1 radical (unpaired) electrons. The van der Waals surface area contributed by atoms with E-state index in [-0.39, 0.29) is 0 Å². The highest BCUT2D eigenvalue weighted by molar-refractivity contribution is 6.74. The van der Waals surface area contributed by atoms with E-state index in [1.807, 2.05) is 0 Å². The second kappa shape index (κ2) is 4.19. The summed E-state index contributed by atoms with van der Waals surface area (Å²) in [5.41, 5.74) is 0. The molecule has 14 heavy (non-hydrogen) atoms. The lowest BCUT2D eigenvalue weighted by Crippen LogP contribution is -2.41. The minimum absolute atomic E-state index is 0.336. The summed E-state index contributed by atoms with van der Waals surface area (Å²) in [6.07, 6.45) is 7.66. The predicted octanol–water partition coefficient (Wildman–Crippen LogP) is 3.78. The second-order valence-corrected chi connectivity index (χ2v) is 10.6. The van der Waals surface area contributed by atoms with Gasteiger partial charge in [-0.3, -0.25) is 0 Å². The fraction of sp³-hybridized carbons (Fsp3) is 0.833. The van der Waals surface area contributed by atoms with Crippen molar-refractivity contribution in [3.05, 3.63) is 12.2 Å². The molecule has 0 N–H and O–H groups in total. The minimum Gasteiger partial charge on any atom is -0.417 e. The summed E-state index contributed by atoms with van der Waals surface area (Å²) < 4.78 is 6.16. The number of hydrogen-bond donors (Lipinski definition) is 0. The van der Waals surface area contributed by atoms with E-state index in [1.165, 1.54) is 0 Å². The third kappa shape index (κ3) is 2.96. The van der Waals surface area contributed by atoms with Gasteiger partial charge in [-0.05, 0) is 43.0 Å². The van der Waals surface area contributed by atoms with Crippen LogP contribution in [-0.2, 0) is 4.43 Å². The van der Waals surface area contributed by atoms with Gasteiger partial charge in [0.2, 0.25) is 0 Å². The fourth-order valence-corrected chi connectivity index (χ4v) is 2.34. The highest BCUT2D eigenvalue weighted by atomic mass is 28.4. The Balaban J connectivity index is 2.36. The van der Waals surface area contributed by atoms with Crippen LogP contribution >= 0.6 is 0 Å². The van der Waals surface area contributed by atoms with E-state index < -0.39 is 8.32 Å². The molecule has 2 heteroatoms. The van der Waals surface area contributed by atoms with Crippen LogP contribution in [0, 0.1) is 12.0 Å². The van der Waals surface area contributed by atoms with Gasteiger partial charge in [-0.1, -0.05) is 26.8 Å². The molecule has 0 saturated heterocycles. The summed E-state index contributed by atoms with van der Waals surface area (Å²) in [6, 6.07) is 0. The molecule has 1 atom stereocenters. The Kier molecular flexibility index (Phi) is 3.59. The standard InChI is InChI=1S/C12H23OSi/c1-12(2,3)14(4,5)13-10-11-8-6-7-9-11/h6,11H,8-10H2,1-5H3. The second-order valence-electron chi connectivity index (χ2n) is 5.79. The van der Waals surface area contributed by atoms with Crippen LogP contribution in [0.3, 0.4) is 0 Å². The van der Waals surface area contributed by atoms with Gasteiger partial charge in [0.25, 0.3) is 0 Å². The Labute approximate surface area is 89.7 Å². The lowest BCUT2D eigenvalue weighted by atomic mass is 10.1. The summed E-state index contributed by atoms with van der Waals surface area (Å²) in [5.74, 6) is 0.698. The van der Waals surface area contributed by atoms with Crippen LogP contribution in [0.25, 0.3) is 0 Å². The average molecular weight is 211 g/mol. The smallest absolute Gasteiger partial charge is 0.191 e. The van der Waals surface area contributed by atoms with Crippen LogP contribution < -0.4 is 0 Å². The van der Waals surface area contributed by atoms with Gasteiger partial charge in [-0.15, -0.1) is 0 Å². The third-order valence-corrected chi connectivity index (χ3v) is 7.99. The zero-order valence-corrected chi connectivity index (χ0v) is 11.2. The van der Waals surface area contributed by atoms with Gasteiger partial charge in [0.1, 0.15) is 0 Å². The molecule has 0 aliphatic heterocycles. The summed E-state index contributed by atoms with van der Waals surface area (Å²) in [7, 11) is -1.51. The van der Waals surface area contributed by atoms with Crippen LogP contribution in [0.15, 0.2) is 6.08 Å². The van der Waals surface area contributed by atoms with Gasteiger partial charge in [-0.25, -0.2) is 0 Å². The Hall–Kier alpha value is -0.0831. The van der Waals surface area contributed by atoms with Gasteiger partial charge in [-0.2, -0.15) is 0 Å². The SMILES string of the molecule is CC(C)(C)[Si](C)(C)OCC1C[C]=CC1. The van der Waals surface area contributed by atoms with Crippen molar-refractivity contribution in [2.24, 2.45) is 5.92 Å². The van der Waals surface area contributed by atoms with Crippen LogP contribution in [0.2, 0.25) is 18.1 Å². The van der Waals surface area contributed by atoms with Gasteiger partial charge >= 0.3 is 0 Å². The first-order chi connectivity index (χ1) is 6.33. The Morgan fingerprint density at radius 2 is 2.07 bits per heavy atom. The quantitative estimate of drug-likeness (QED) is 0.646. The molecule has 1 aliphatic rings. The van der Waals surface area contributed by atoms with Crippen molar-refractivity contribution in [1.82, 2.24) is 0 Å². The monoisotopic (exact) mass is 211 g/mol. The Bertz CT molecular complexity index is 205. The molecule has 0 aromatic rings. The Morgan fingerprint density at radius 1 is 1.43 bits per heavy atom. The van der Waals surface area contributed by atoms with Crippen molar-refractivity contribution >= 4 is 8.32 Å². The summed E-state index contributed by atoms with van der Waals surface area (Å²) in [5, 5.41) is 0.336. The molecule has 81 valence electrons. The summed E-state index contributed by atoms with van der Waals surface area (Å²) in [6.45, 7) is 12.4. The van der Waals surface area contributed by atoms with E-state index in [0.717, 1.165) is 19.4 Å². The van der Waals surface area contributed by atoms with Crippen molar-refractivity contribution in [2.45, 2.75) is 51.7 Å². The number of hydrogen-bond acceptors (Lipinski definition) is 1. The van der Waals surface area contributed by atoms with Crippen molar-refractivity contribution in [2.75, 3.05) is 6.61 Å². The summed E-state index contributed by atoms with van der Waals surface area (Å²) in [4.78, 5) is 0. The first kappa shape index (κ1) is 12.0. The molecular weight excluding hydrogens is 188 g/mol. The van der Waals surface area contributed by atoms with E-state index >= 15 is 0 Å². The molecule has 1 rings (SSSR count). The zero-order chi connectivity index (χ0) is 10.8. The Morgan fingerprint density at radius 3 is 2.50 bits per heavy atom. The van der Waals surface area contributed by atoms with Crippen LogP contribution in [0.5, 0.6) is 0 Å². The van der Waals surface area contributed by atoms with E-state index in [1.54, 1.807) is 0 Å². The molecule has 0 saturated carbocycles. The normalized spacial score (nSPS) is 19.2. The van der Waals surface area contributed by atoms with Gasteiger partial charge in [0.05, 0.1) is 0 Å². The maximum absolute atomic E-state index is 6.16. The number of rotatable bonds is 3. The zero-order valence-electron chi connectivity index (χ0n) is 10.2. The molecule has 1 unspecified atom stereocenters. The lowest BCUT2D eigenvalue weighted by molar-refractivity contribution is 0.233. The fourth-order valence-electron chi connectivity index (χ4n) is 1.25. The van der Waals surface area contributed by atoms with Crippen LogP contribution in [0.4, 0.5) is 0 Å². The van der Waals surface area contributed by atoms with E-state index in [2.05, 4.69) is 46.0 Å². The van der Waals surface area contributed by atoms with Crippen LogP contribution in [0.1, 0.15) is 33.6 Å². The average Bonchev–Trinajstić information content (AvgIpc) is 2.50. The van der Waals surface area contributed by atoms with E-state index in [9.17, 15) is 0 Å².